The minimum absolute atomic E-state index is 0.130. The van der Waals surface area contributed by atoms with Gasteiger partial charge in [-0.25, -0.2) is 8.42 Å². The molecule has 1 N–H and O–H groups in total. The molecule has 1 aromatic heterocycles. The lowest BCUT2D eigenvalue weighted by Gasteiger charge is -2.39. The van der Waals surface area contributed by atoms with Crippen molar-refractivity contribution in [3.05, 3.63) is 53.4 Å². The standard InChI is InChI=1S/C18H20ClNO4S/c19-14-5-7-15(8-6-14)25(22,23)20-11-13-3-1-9-18(21,16(13)12-20)17-4-2-10-24-17/h2,4-8,10,13,16,21H,1,3,9,11-12H2. The van der Waals surface area contributed by atoms with Gasteiger partial charge in [0, 0.05) is 24.0 Å². The number of benzene rings is 1. The lowest BCUT2D eigenvalue weighted by Crippen LogP contribution is -2.42. The maximum absolute atomic E-state index is 13.0. The first-order valence-electron chi connectivity index (χ1n) is 8.43. The van der Waals surface area contributed by atoms with Gasteiger partial charge in [0.05, 0.1) is 11.2 Å². The predicted octanol–water partition coefficient (Wildman–Crippen LogP) is 3.24. The second kappa shape index (κ2) is 6.13. The number of hydrogen-bond donors (Lipinski definition) is 1. The third-order valence-corrected chi connectivity index (χ3v) is 7.65. The second-order valence-corrected chi connectivity index (χ2v) is 9.31. The van der Waals surface area contributed by atoms with E-state index in [2.05, 4.69) is 0 Å². The van der Waals surface area contributed by atoms with Gasteiger partial charge in [-0.1, -0.05) is 11.6 Å². The van der Waals surface area contributed by atoms with Crippen LogP contribution in [0.25, 0.3) is 0 Å². The molecular weight excluding hydrogens is 362 g/mol. The monoisotopic (exact) mass is 381 g/mol. The zero-order chi connectivity index (χ0) is 17.7. The van der Waals surface area contributed by atoms with E-state index in [4.69, 9.17) is 16.0 Å². The summed E-state index contributed by atoms with van der Waals surface area (Å²) in [6.07, 6.45) is 3.91. The Morgan fingerprint density at radius 2 is 1.96 bits per heavy atom. The molecule has 1 aromatic carbocycles. The van der Waals surface area contributed by atoms with Crippen LogP contribution in [-0.2, 0) is 15.6 Å². The molecule has 0 bridgehead atoms. The third-order valence-electron chi connectivity index (χ3n) is 5.55. The van der Waals surface area contributed by atoms with Crippen molar-refractivity contribution in [1.82, 2.24) is 4.31 Å². The van der Waals surface area contributed by atoms with E-state index < -0.39 is 15.6 Å². The van der Waals surface area contributed by atoms with Crippen molar-refractivity contribution in [2.24, 2.45) is 11.8 Å². The fraction of sp³-hybridized carbons (Fsp3) is 0.444. The van der Waals surface area contributed by atoms with Crippen molar-refractivity contribution in [2.75, 3.05) is 13.1 Å². The molecule has 1 aliphatic heterocycles. The number of furan rings is 1. The van der Waals surface area contributed by atoms with Gasteiger partial charge in [-0.15, -0.1) is 0 Å². The average Bonchev–Trinajstić information content (AvgIpc) is 3.26. The molecule has 2 fully saturated rings. The molecule has 0 spiro atoms. The van der Waals surface area contributed by atoms with Gasteiger partial charge in [0.1, 0.15) is 11.4 Å². The molecule has 2 heterocycles. The number of sulfonamides is 1. The summed E-state index contributed by atoms with van der Waals surface area (Å²) in [5.41, 5.74) is -1.10. The third kappa shape index (κ3) is 2.81. The Kier molecular flexibility index (Phi) is 4.19. The topological polar surface area (TPSA) is 70.8 Å². The van der Waals surface area contributed by atoms with Crippen LogP contribution >= 0.6 is 11.6 Å². The average molecular weight is 382 g/mol. The van der Waals surface area contributed by atoms with E-state index in [1.807, 2.05) is 0 Å². The van der Waals surface area contributed by atoms with Crippen LogP contribution in [0.4, 0.5) is 0 Å². The van der Waals surface area contributed by atoms with E-state index >= 15 is 0 Å². The lowest BCUT2D eigenvalue weighted by molar-refractivity contribution is -0.0795. The Bertz CT molecular complexity index is 850. The molecule has 1 saturated carbocycles. The van der Waals surface area contributed by atoms with Gasteiger partial charge >= 0.3 is 0 Å². The van der Waals surface area contributed by atoms with Crippen molar-refractivity contribution in [3.8, 4) is 0 Å². The number of fused-ring (bicyclic) bond motifs is 1. The van der Waals surface area contributed by atoms with Gasteiger partial charge in [-0.3, -0.25) is 0 Å². The van der Waals surface area contributed by atoms with Crippen LogP contribution in [0.3, 0.4) is 0 Å². The number of nitrogens with zero attached hydrogens (tertiary/aromatic N) is 1. The Morgan fingerprint density at radius 1 is 1.20 bits per heavy atom. The summed E-state index contributed by atoms with van der Waals surface area (Å²) in [5, 5.41) is 11.8. The van der Waals surface area contributed by atoms with E-state index in [0.717, 1.165) is 12.8 Å². The molecule has 134 valence electrons. The van der Waals surface area contributed by atoms with Crippen molar-refractivity contribution in [3.63, 3.8) is 0 Å². The fourth-order valence-electron chi connectivity index (χ4n) is 4.27. The number of hydrogen-bond acceptors (Lipinski definition) is 4. The van der Waals surface area contributed by atoms with E-state index in [-0.39, 0.29) is 16.7 Å². The van der Waals surface area contributed by atoms with Gasteiger partial charge in [0.15, 0.2) is 0 Å². The van der Waals surface area contributed by atoms with Crippen LogP contribution in [0.2, 0.25) is 5.02 Å². The summed E-state index contributed by atoms with van der Waals surface area (Å²) in [7, 11) is -3.60. The highest BCUT2D eigenvalue weighted by Gasteiger charge is 2.53. The zero-order valence-corrected chi connectivity index (χ0v) is 15.2. The SMILES string of the molecule is O=S(=O)(c1ccc(Cl)cc1)N1CC2CCCC(O)(c3ccco3)C2C1. The maximum atomic E-state index is 13.0. The normalized spacial score (nSPS) is 30.3. The number of halogens is 1. The van der Waals surface area contributed by atoms with Crippen LogP contribution in [0.1, 0.15) is 25.0 Å². The highest BCUT2D eigenvalue weighted by Crippen LogP contribution is 2.49. The highest BCUT2D eigenvalue weighted by atomic mass is 35.5. The molecule has 0 radical (unpaired) electrons. The largest absolute Gasteiger partial charge is 0.466 e. The molecule has 4 rings (SSSR count). The molecule has 3 atom stereocenters. The summed E-state index contributed by atoms with van der Waals surface area (Å²) >= 11 is 5.86. The van der Waals surface area contributed by atoms with E-state index in [1.54, 1.807) is 30.5 Å². The Labute approximate surface area is 152 Å². The predicted molar refractivity (Wildman–Crippen MR) is 93.6 cm³/mol. The van der Waals surface area contributed by atoms with Gasteiger partial charge in [0.2, 0.25) is 10.0 Å². The van der Waals surface area contributed by atoms with Gasteiger partial charge < -0.3 is 9.52 Å². The lowest BCUT2D eigenvalue weighted by atomic mass is 9.69. The summed E-state index contributed by atoms with van der Waals surface area (Å²) < 4.78 is 32.9. The van der Waals surface area contributed by atoms with E-state index in [0.29, 0.717) is 30.3 Å². The summed E-state index contributed by atoms with van der Waals surface area (Å²) in [4.78, 5) is 0.233. The molecule has 0 amide bonds. The van der Waals surface area contributed by atoms with Crippen molar-refractivity contribution >= 4 is 21.6 Å². The van der Waals surface area contributed by atoms with Gasteiger partial charge in [0.25, 0.3) is 0 Å². The molecule has 2 aromatic rings. The first-order valence-corrected chi connectivity index (χ1v) is 10.2. The number of aliphatic hydroxyl groups is 1. The quantitative estimate of drug-likeness (QED) is 0.885. The molecule has 25 heavy (non-hydrogen) atoms. The smallest absolute Gasteiger partial charge is 0.243 e. The van der Waals surface area contributed by atoms with E-state index in [1.165, 1.54) is 16.4 Å². The molecule has 3 unspecified atom stereocenters. The first kappa shape index (κ1) is 17.1. The fourth-order valence-corrected chi connectivity index (χ4v) is 5.92. The maximum Gasteiger partial charge on any atom is 0.243 e. The Balaban J connectivity index is 1.64. The summed E-state index contributed by atoms with van der Waals surface area (Å²) in [5.74, 6) is 0.508. The zero-order valence-electron chi connectivity index (χ0n) is 13.6. The molecule has 1 aliphatic carbocycles. The Morgan fingerprint density at radius 3 is 2.64 bits per heavy atom. The van der Waals surface area contributed by atoms with Crippen LogP contribution in [0.5, 0.6) is 0 Å². The van der Waals surface area contributed by atoms with Crippen molar-refractivity contribution in [2.45, 2.75) is 29.8 Å². The summed E-state index contributed by atoms with van der Waals surface area (Å²) in [6.45, 7) is 0.728. The van der Waals surface area contributed by atoms with Crippen molar-refractivity contribution in [1.29, 1.82) is 0 Å². The molecule has 2 aliphatic rings. The summed E-state index contributed by atoms with van der Waals surface area (Å²) in [6, 6.07) is 9.75. The minimum atomic E-state index is -3.60. The molecule has 7 heteroatoms. The van der Waals surface area contributed by atoms with Crippen molar-refractivity contribution < 1.29 is 17.9 Å². The van der Waals surface area contributed by atoms with Crippen LogP contribution in [0, 0.1) is 11.8 Å². The van der Waals surface area contributed by atoms with Crippen LogP contribution in [-0.4, -0.2) is 30.9 Å². The van der Waals surface area contributed by atoms with Crippen LogP contribution < -0.4 is 0 Å². The van der Waals surface area contributed by atoms with Crippen LogP contribution in [0.15, 0.2) is 52.0 Å². The highest BCUT2D eigenvalue weighted by molar-refractivity contribution is 7.89. The van der Waals surface area contributed by atoms with Gasteiger partial charge in [-0.2, -0.15) is 4.31 Å². The Hall–Kier alpha value is -1.34. The first-order chi connectivity index (χ1) is 11.9. The molecular formula is C18H20ClNO4S. The minimum Gasteiger partial charge on any atom is -0.466 e. The second-order valence-electron chi connectivity index (χ2n) is 6.94. The molecule has 5 nitrogen and oxygen atoms in total. The van der Waals surface area contributed by atoms with Gasteiger partial charge in [-0.05, 0) is 61.6 Å². The number of rotatable bonds is 3. The van der Waals surface area contributed by atoms with E-state index in [9.17, 15) is 13.5 Å². The molecule has 1 saturated heterocycles.